The van der Waals surface area contributed by atoms with E-state index in [4.69, 9.17) is 5.73 Å². The number of imidazole rings is 1. The van der Waals surface area contributed by atoms with Crippen molar-refractivity contribution < 1.29 is 0 Å². The maximum Gasteiger partial charge on any atom is 0.122 e. The zero-order chi connectivity index (χ0) is 13.2. The molecular weight excluding hydrogens is 236 g/mol. The van der Waals surface area contributed by atoms with Gasteiger partial charge in [-0.15, -0.1) is 0 Å². The molecule has 2 aliphatic rings. The molecule has 4 heteroatoms. The fourth-order valence-electron chi connectivity index (χ4n) is 3.95. The van der Waals surface area contributed by atoms with E-state index in [1.165, 1.54) is 31.5 Å². The van der Waals surface area contributed by atoms with Crippen LogP contribution in [0.1, 0.15) is 38.4 Å². The molecule has 0 saturated heterocycles. The Hall–Kier alpha value is -0.870. The van der Waals surface area contributed by atoms with E-state index < -0.39 is 0 Å². The number of aromatic nitrogens is 2. The largest absolute Gasteiger partial charge is 0.333 e. The van der Waals surface area contributed by atoms with Crippen LogP contribution in [0.3, 0.4) is 0 Å². The van der Waals surface area contributed by atoms with E-state index in [0.29, 0.717) is 6.04 Å². The lowest BCUT2D eigenvalue weighted by Crippen LogP contribution is -2.49. The fraction of sp³-hybridized carbons (Fsp3) is 0.800. The maximum atomic E-state index is 6.11. The third-order valence-electron chi connectivity index (χ3n) is 5.01. The maximum absolute atomic E-state index is 6.11. The van der Waals surface area contributed by atoms with E-state index >= 15 is 0 Å². The summed E-state index contributed by atoms with van der Waals surface area (Å²) in [7, 11) is 0. The molecule has 1 fully saturated rings. The topological polar surface area (TPSA) is 47.1 Å². The second-order valence-electron chi connectivity index (χ2n) is 6.34. The van der Waals surface area contributed by atoms with E-state index in [9.17, 15) is 0 Å². The molecule has 0 spiro atoms. The molecule has 19 heavy (non-hydrogen) atoms. The first-order chi connectivity index (χ1) is 9.28. The Morgan fingerprint density at radius 2 is 2.32 bits per heavy atom. The number of hydrogen-bond donors (Lipinski definition) is 1. The van der Waals surface area contributed by atoms with Crippen LogP contribution >= 0.6 is 0 Å². The molecule has 1 aliphatic heterocycles. The quantitative estimate of drug-likeness (QED) is 0.904. The van der Waals surface area contributed by atoms with Crippen molar-refractivity contribution in [1.82, 2.24) is 14.5 Å². The van der Waals surface area contributed by atoms with Gasteiger partial charge in [0.2, 0.25) is 0 Å². The number of rotatable bonds is 3. The number of nitrogens with zero attached hydrogens (tertiary/aromatic N) is 3. The lowest BCUT2D eigenvalue weighted by atomic mass is 9.78. The summed E-state index contributed by atoms with van der Waals surface area (Å²) >= 11 is 0. The first-order valence-electron chi connectivity index (χ1n) is 7.72. The first-order valence-corrected chi connectivity index (χ1v) is 7.72. The van der Waals surface area contributed by atoms with Crippen molar-refractivity contribution in [2.45, 2.75) is 51.7 Å². The van der Waals surface area contributed by atoms with E-state index in [-0.39, 0.29) is 0 Å². The zero-order valence-electron chi connectivity index (χ0n) is 12.0. The van der Waals surface area contributed by atoms with Crippen LogP contribution < -0.4 is 5.73 Å². The third kappa shape index (κ3) is 2.70. The van der Waals surface area contributed by atoms with Crippen molar-refractivity contribution in [3.8, 4) is 0 Å². The molecule has 1 aliphatic carbocycles. The van der Waals surface area contributed by atoms with Gasteiger partial charge in [-0.3, -0.25) is 4.90 Å². The van der Waals surface area contributed by atoms with Crippen LogP contribution in [0.15, 0.2) is 12.4 Å². The molecule has 0 bridgehead atoms. The highest BCUT2D eigenvalue weighted by Crippen LogP contribution is 2.33. The van der Waals surface area contributed by atoms with Gasteiger partial charge in [0.25, 0.3) is 0 Å². The van der Waals surface area contributed by atoms with E-state index in [0.717, 1.165) is 38.0 Å². The second kappa shape index (κ2) is 5.63. The minimum absolute atomic E-state index is 0.549. The molecule has 0 aromatic carbocycles. The van der Waals surface area contributed by atoms with Gasteiger partial charge in [0.05, 0.1) is 6.54 Å². The molecule has 1 aromatic heterocycles. The van der Waals surface area contributed by atoms with Crippen LogP contribution in [0.4, 0.5) is 0 Å². The first kappa shape index (κ1) is 13.1. The highest BCUT2D eigenvalue weighted by atomic mass is 15.3. The molecule has 0 radical (unpaired) electrons. The lowest BCUT2D eigenvalue weighted by molar-refractivity contribution is 0.0828. The molecular formula is C15H26N4. The number of fused-ring (bicyclic) bond motifs is 1. The second-order valence-corrected chi connectivity index (χ2v) is 6.34. The van der Waals surface area contributed by atoms with Gasteiger partial charge in [-0.25, -0.2) is 4.98 Å². The summed E-state index contributed by atoms with van der Waals surface area (Å²) in [4.78, 5) is 7.04. The molecule has 2 N–H and O–H groups in total. The Morgan fingerprint density at radius 3 is 3.11 bits per heavy atom. The summed E-state index contributed by atoms with van der Waals surface area (Å²) in [5.41, 5.74) is 6.11. The van der Waals surface area contributed by atoms with Gasteiger partial charge >= 0.3 is 0 Å². The van der Waals surface area contributed by atoms with E-state index in [2.05, 4.69) is 27.6 Å². The SMILES string of the molecule is CC1CCCC(C(CN)N2CCn3ccnc3C2)C1. The number of hydrogen-bond acceptors (Lipinski definition) is 3. The predicted octanol–water partition coefficient (Wildman–Crippen LogP) is 1.85. The molecule has 106 valence electrons. The molecule has 3 atom stereocenters. The van der Waals surface area contributed by atoms with Crippen LogP contribution in [-0.4, -0.2) is 33.6 Å². The normalized spacial score (nSPS) is 30.0. The molecule has 3 unspecified atom stereocenters. The monoisotopic (exact) mass is 262 g/mol. The number of nitrogens with two attached hydrogens (primary N) is 1. The van der Waals surface area contributed by atoms with Crippen LogP contribution in [0.25, 0.3) is 0 Å². The van der Waals surface area contributed by atoms with Gasteiger partial charge in [0.1, 0.15) is 5.82 Å². The summed E-state index contributed by atoms with van der Waals surface area (Å²) in [6, 6.07) is 0.549. The summed E-state index contributed by atoms with van der Waals surface area (Å²) in [5.74, 6) is 2.86. The van der Waals surface area contributed by atoms with Crippen molar-refractivity contribution in [3.05, 3.63) is 18.2 Å². The highest BCUT2D eigenvalue weighted by Gasteiger charge is 2.31. The average Bonchev–Trinajstić information content (AvgIpc) is 2.87. The zero-order valence-corrected chi connectivity index (χ0v) is 12.0. The molecule has 1 saturated carbocycles. The van der Waals surface area contributed by atoms with Crippen LogP contribution in [0, 0.1) is 11.8 Å². The smallest absolute Gasteiger partial charge is 0.122 e. The Labute approximate surface area is 116 Å². The van der Waals surface area contributed by atoms with Gasteiger partial charge in [0.15, 0.2) is 0 Å². The molecule has 0 amide bonds. The Kier molecular flexibility index (Phi) is 3.89. The predicted molar refractivity (Wildman–Crippen MR) is 76.6 cm³/mol. The minimum atomic E-state index is 0.549. The molecule has 3 rings (SSSR count). The van der Waals surface area contributed by atoms with Gasteiger partial charge < -0.3 is 10.3 Å². The summed E-state index contributed by atoms with van der Waals surface area (Å²) in [6.45, 7) is 6.34. The minimum Gasteiger partial charge on any atom is -0.333 e. The van der Waals surface area contributed by atoms with Gasteiger partial charge in [-0.05, 0) is 24.7 Å². The van der Waals surface area contributed by atoms with Gasteiger partial charge in [-0.1, -0.05) is 19.8 Å². The molecule has 4 nitrogen and oxygen atoms in total. The Morgan fingerprint density at radius 1 is 1.42 bits per heavy atom. The summed E-state index contributed by atoms with van der Waals surface area (Å²) in [5, 5.41) is 0. The van der Waals surface area contributed by atoms with Crippen molar-refractivity contribution in [3.63, 3.8) is 0 Å². The van der Waals surface area contributed by atoms with Gasteiger partial charge in [0, 0.05) is 38.1 Å². The fourth-order valence-corrected chi connectivity index (χ4v) is 3.95. The Balaban J connectivity index is 1.69. The van der Waals surface area contributed by atoms with Crippen LogP contribution in [0.5, 0.6) is 0 Å². The molecule has 1 aromatic rings. The average molecular weight is 262 g/mol. The van der Waals surface area contributed by atoms with Crippen molar-refractivity contribution in [1.29, 1.82) is 0 Å². The van der Waals surface area contributed by atoms with Gasteiger partial charge in [-0.2, -0.15) is 0 Å². The molecule has 2 heterocycles. The Bertz CT molecular complexity index is 414. The summed E-state index contributed by atoms with van der Waals surface area (Å²) in [6.07, 6.45) is 9.50. The third-order valence-corrected chi connectivity index (χ3v) is 5.01. The van der Waals surface area contributed by atoms with Crippen molar-refractivity contribution >= 4 is 0 Å². The lowest BCUT2D eigenvalue weighted by Gasteiger charge is -2.41. The van der Waals surface area contributed by atoms with Crippen molar-refractivity contribution in [2.24, 2.45) is 17.6 Å². The van der Waals surface area contributed by atoms with Crippen LogP contribution in [-0.2, 0) is 13.1 Å². The van der Waals surface area contributed by atoms with E-state index in [1.54, 1.807) is 0 Å². The standard InChI is InChI=1S/C15H26N4/c1-12-3-2-4-13(9-12)14(10-16)19-8-7-18-6-5-17-15(18)11-19/h5-6,12-14H,2-4,7-11,16H2,1H3. The van der Waals surface area contributed by atoms with Crippen LogP contribution in [0.2, 0.25) is 0 Å². The van der Waals surface area contributed by atoms with Crippen molar-refractivity contribution in [2.75, 3.05) is 13.1 Å². The highest BCUT2D eigenvalue weighted by molar-refractivity contribution is 4.98. The van der Waals surface area contributed by atoms with E-state index in [1.807, 2.05) is 6.20 Å². The summed E-state index contributed by atoms with van der Waals surface area (Å²) < 4.78 is 2.27.